The Balaban J connectivity index is 1.50. The minimum absolute atomic E-state index is 0.0978. The number of ether oxygens (including phenoxy) is 3. The number of nitrogens with zero attached hydrogens (tertiary/aromatic N) is 1. The Bertz CT molecular complexity index is 1190. The molecule has 3 aromatic carbocycles. The van der Waals surface area contributed by atoms with Gasteiger partial charge in [0.15, 0.2) is 0 Å². The first kappa shape index (κ1) is 23.5. The summed E-state index contributed by atoms with van der Waals surface area (Å²) in [5.41, 5.74) is 3.19. The number of methoxy groups -OCH3 is 1. The van der Waals surface area contributed by atoms with Gasteiger partial charge in [0, 0.05) is 0 Å². The summed E-state index contributed by atoms with van der Waals surface area (Å²) < 4.78 is 17.7. The maximum absolute atomic E-state index is 14.4. The molecule has 6 heteroatoms. The molecular weight excluding hydrogens is 505 g/mol. The second-order valence-electron chi connectivity index (χ2n) is 8.64. The van der Waals surface area contributed by atoms with E-state index in [1.807, 2.05) is 65.6 Å². The topological polar surface area (TPSA) is 48.0 Å². The number of carbonyl (C=O) groups is 1. The summed E-state index contributed by atoms with van der Waals surface area (Å²) in [6.07, 6.45) is 6.47. The van der Waals surface area contributed by atoms with E-state index in [0.29, 0.717) is 12.3 Å². The van der Waals surface area contributed by atoms with Gasteiger partial charge in [-0.05, 0) is 0 Å². The van der Waals surface area contributed by atoms with Gasteiger partial charge in [-0.15, -0.1) is 0 Å². The fourth-order valence-electron chi connectivity index (χ4n) is 4.41. The van der Waals surface area contributed by atoms with Gasteiger partial charge in [0.25, 0.3) is 0 Å². The SMILES string of the molecule is COc1ccc(CN(C(=O)C([Se]c2ccccc2)c2ccc3c(c2)OCO3)C2=CCCCC2)cc1. The first-order chi connectivity index (χ1) is 17.2. The fraction of sp³-hybridized carbons (Fsp3) is 0.276. The van der Waals surface area contributed by atoms with Gasteiger partial charge in [0.1, 0.15) is 0 Å². The van der Waals surface area contributed by atoms with Crippen LogP contribution in [-0.4, -0.2) is 39.7 Å². The van der Waals surface area contributed by atoms with Crippen molar-refractivity contribution in [2.75, 3.05) is 13.9 Å². The third-order valence-electron chi connectivity index (χ3n) is 6.30. The van der Waals surface area contributed by atoms with Crippen LogP contribution in [0.4, 0.5) is 0 Å². The molecule has 1 amide bonds. The van der Waals surface area contributed by atoms with Crippen LogP contribution in [0.3, 0.4) is 0 Å². The number of amides is 1. The van der Waals surface area contributed by atoms with Gasteiger partial charge in [-0.3, -0.25) is 0 Å². The summed E-state index contributed by atoms with van der Waals surface area (Å²) in [6.45, 7) is 0.762. The molecule has 0 N–H and O–H groups in total. The van der Waals surface area contributed by atoms with E-state index in [9.17, 15) is 4.79 Å². The zero-order valence-corrected chi connectivity index (χ0v) is 21.5. The summed E-state index contributed by atoms with van der Waals surface area (Å²) in [6, 6.07) is 24.2. The van der Waals surface area contributed by atoms with Crippen molar-refractivity contribution in [3.8, 4) is 17.2 Å². The fourth-order valence-corrected chi connectivity index (χ4v) is 6.72. The van der Waals surface area contributed by atoms with Crippen molar-refractivity contribution in [1.29, 1.82) is 0 Å². The molecule has 1 heterocycles. The van der Waals surface area contributed by atoms with Crippen molar-refractivity contribution in [1.82, 2.24) is 4.90 Å². The van der Waals surface area contributed by atoms with Gasteiger partial charge in [-0.2, -0.15) is 0 Å². The molecule has 0 fully saturated rings. The second-order valence-corrected chi connectivity index (χ2v) is 11.1. The van der Waals surface area contributed by atoms with Crippen LogP contribution in [0.5, 0.6) is 17.2 Å². The molecule has 180 valence electrons. The van der Waals surface area contributed by atoms with Crippen molar-refractivity contribution in [2.24, 2.45) is 0 Å². The number of fused-ring (bicyclic) bond motifs is 1. The summed E-state index contributed by atoms with van der Waals surface area (Å²) in [5, 5.41) is 0. The zero-order valence-electron chi connectivity index (χ0n) is 19.8. The van der Waals surface area contributed by atoms with Gasteiger partial charge in [0.05, 0.1) is 0 Å². The minimum atomic E-state index is -0.277. The van der Waals surface area contributed by atoms with Crippen LogP contribution in [0.2, 0.25) is 0 Å². The Morgan fingerprint density at radius 1 is 1.00 bits per heavy atom. The summed E-state index contributed by atoms with van der Waals surface area (Å²) in [7, 11) is 1.67. The quantitative estimate of drug-likeness (QED) is 0.383. The van der Waals surface area contributed by atoms with Crippen LogP contribution in [0, 0.1) is 0 Å². The van der Waals surface area contributed by atoms with Crippen LogP contribution in [0.1, 0.15) is 41.6 Å². The predicted molar refractivity (Wildman–Crippen MR) is 137 cm³/mol. The molecule has 5 nitrogen and oxygen atoms in total. The number of rotatable bonds is 8. The van der Waals surface area contributed by atoms with Crippen molar-refractivity contribution in [3.05, 3.63) is 95.7 Å². The Hall–Kier alpha value is -3.21. The maximum atomic E-state index is 14.4. The zero-order chi connectivity index (χ0) is 24.0. The Kier molecular flexibility index (Phi) is 7.41. The molecule has 1 aliphatic heterocycles. The van der Waals surface area contributed by atoms with E-state index in [1.54, 1.807) is 7.11 Å². The van der Waals surface area contributed by atoms with E-state index >= 15 is 0 Å². The van der Waals surface area contributed by atoms with Crippen LogP contribution >= 0.6 is 0 Å². The summed E-state index contributed by atoms with van der Waals surface area (Å²) in [4.78, 5) is 16.1. The Morgan fingerprint density at radius 2 is 1.80 bits per heavy atom. The van der Waals surface area contributed by atoms with E-state index in [2.05, 4.69) is 18.2 Å². The van der Waals surface area contributed by atoms with Crippen LogP contribution < -0.4 is 18.7 Å². The van der Waals surface area contributed by atoms with Crippen LogP contribution in [-0.2, 0) is 11.3 Å². The number of hydrogen-bond acceptors (Lipinski definition) is 4. The normalized spacial score (nSPS) is 15.3. The molecule has 0 saturated carbocycles. The van der Waals surface area contributed by atoms with Gasteiger partial charge >= 0.3 is 213 Å². The molecule has 1 aliphatic carbocycles. The van der Waals surface area contributed by atoms with E-state index < -0.39 is 0 Å². The number of allylic oxidation sites excluding steroid dienone is 2. The predicted octanol–water partition coefficient (Wildman–Crippen LogP) is 4.98. The average molecular weight is 535 g/mol. The van der Waals surface area contributed by atoms with Crippen molar-refractivity contribution in [2.45, 2.75) is 37.0 Å². The monoisotopic (exact) mass is 535 g/mol. The van der Waals surface area contributed by atoms with Gasteiger partial charge < -0.3 is 0 Å². The van der Waals surface area contributed by atoms with Gasteiger partial charge in [-0.1, -0.05) is 0 Å². The van der Waals surface area contributed by atoms with E-state index in [1.165, 1.54) is 10.9 Å². The van der Waals surface area contributed by atoms with Gasteiger partial charge in [-0.25, -0.2) is 0 Å². The third-order valence-corrected chi connectivity index (χ3v) is 8.93. The molecule has 0 aromatic heterocycles. The molecular formula is C29H29NO4Se. The van der Waals surface area contributed by atoms with E-state index in [0.717, 1.165) is 47.6 Å². The molecule has 1 atom stereocenters. The molecule has 1 unspecified atom stereocenters. The van der Waals surface area contributed by atoms with Crippen LogP contribution in [0.15, 0.2) is 84.6 Å². The van der Waals surface area contributed by atoms with Crippen molar-refractivity contribution in [3.63, 3.8) is 0 Å². The molecule has 0 bridgehead atoms. The van der Waals surface area contributed by atoms with Crippen LogP contribution in [0.25, 0.3) is 0 Å². The average Bonchev–Trinajstić information content (AvgIpc) is 3.39. The molecule has 5 rings (SSSR count). The third kappa shape index (κ3) is 5.55. The van der Waals surface area contributed by atoms with E-state index in [4.69, 9.17) is 14.2 Å². The summed E-state index contributed by atoms with van der Waals surface area (Å²) >= 11 is -0.0978. The molecule has 0 spiro atoms. The molecule has 0 radical (unpaired) electrons. The number of benzene rings is 3. The van der Waals surface area contributed by atoms with E-state index in [-0.39, 0.29) is 32.5 Å². The van der Waals surface area contributed by atoms with Gasteiger partial charge in [0.2, 0.25) is 0 Å². The van der Waals surface area contributed by atoms with Crippen molar-refractivity contribution < 1.29 is 19.0 Å². The molecule has 0 saturated heterocycles. The summed E-state index contributed by atoms with van der Waals surface area (Å²) in [5.74, 6) is 2.39. The molecule has 2 aliphatic rings. The number of carbonyl (C=O) groups excluding carboxylic acids is 1. The Morgan fingerprint density at radius 3 is 2.54 bits per heavy atom. The molecule has 35 heavy (non-hydrogen) atoms. The molecule has 3 aromatic rings. The first-order valence-electron chi connectivity index (χ1n) is 12.0. The number of hydrogen-bond donors (Lipinski definition) is 0. The second kappa shape index (κ2) is 11.0. The van der Waals surface area contributed by atoms with Crippen molar-refractivity contribution >= 4 is 25.3 Å². The Labute approximate surface area is 212 Å². The first-order valence-corrected chi connectivity index (χ1v) is 13.8. The standard InChI is InChI=1S/C29H29NO4Se/c1-32-24-15-12-21(13-16-24)19-30(23-8-4-2-5-9-23)29(31)28(35-25-10-6-3-7-11-25)22-14-17-26-27(18-22)34-20-33-26/h3,6-8,10-18,28H,2,4-5,9,19-20H2,1H3.